The fourth-order valence-corrected chi connectivity index (χ4v) is 2.56. The molecule has 0 heterocycles. The van der Waals surface area contributed by atoms with Crippen LogP contribution < -0.4 is 0 Å². The van der Waals surface area contributed by atoms with Crippen molar-refractivity contribution in [2.75, 3.05) is 7.11 Å². The average Bonchev–Trinajstić information content (AvgIpc) is 2.60. The first-order valence-electron chi connectivity index (χ1n) is 7.53. The van der Waals surface area contributed by atoms with Crippen LogP contribution in [0.25, 0.3) is 22.4 Å². The highest BCUT2D eigenvalue weighted by Crippen LogP contribution is 2.24. The molecular formula is C21H18O2. The minimum absolute atomic E-state index is 0.333. The number of ether oxygens (including phenoxy) is 1. The van der Waals surface area contributed by atoms with Gasteiger partial charge >= 0.3 is 5.97 Å². The third-order valence-electron chi connectivity index (χ3n) is 3.85. The highest BCUT2D eigenvalue weighted by atomic mass is 16.5. The predicted octanol–water partition coefficient (Wildman–Crippen LogP) is 4.86. The second kappa shape index (κ2) is 6.49. The Labute approximate surface area is 136 Å². The summed E-state index contributed by atoms with van der Waals surface area (Å²) in [5.74, 6) is -0.333. The highest BCUT2D eigenvalue weighted by molar-refractivity contribution is 6.22. The van der Waals surface area contributed by atoms with Crippen LogP contribution in [-0.4, -0.2) is 13.1 Å². The monoisotopic (exact) mass is 302 g/mol. The van der Waals surface area contributed by atoms with E-state index >= 15 is 0 Å². The first kappa shape index (κ1) is 15.0. The van der Waals surface area contributed by atoms with E-state index in [1.54, 1.807) is 0 Å². The van der Waals surface area contributed by atoms with E-state index in [-0.39, 0.29) is 5.97 Å². The molecule has 0 aliphatic rings. The molecule has 0 bridgehead atoms. The van der Waals surface area contributed by atoms with E-state index in [0.29, 0.717) is 5.57 Å². The topological polar surface area (TPSA) is 26.3 Å². The van der Waals surface area contributed by atoms with Crippen LogP contribution in [0.5, 0.6) is 0 Å². The van der Waals surface area contributed by atoms with Crippen molar-refractivity contribution >= 4 is 28.4 Å². The van der Waals surface area contributed by atoms with Crippen molar-refractivity contribution in [2.45, 2.75) is 6.92 Å². The number of benzene rings is 3. The van der Waals surface area contributed by atoms with Crippen molar-refractivity contribution in [3.63, 3.8) is 0 Å². The van der Waals surface area contributed by atoms with Crippen LogP contribution in [0.3, 0.4) is 0 Å². The van der Waals surface area contributed by atoms with Crippen molar-refractivity contribution in [1.82, 2.24) is 0 Å². The molecule has 0 atom stereocenters. The third-order valence-corrected chi connectivity index (χ3v) is 3.85. The minimum atomic E-state index is -0.333. The van der Waals surface area contributed by atoms with Gasteiger partial charge in [-0.05, 0) is 41.0 Å². The summed E-state index contributed by atoms with van der Waals surface area (Å²) in [7, 11) is 1.41. The standard InChI is InChI=1S/C21H18O2/c1-15-7-9-16(10-8-15)13-20(21(22)23-2)19-12-11-17-5-3-4-6-18(17)14-19/h3-14H,1-2H3. The summed E-state index contributed by atoms with van der Waals surface area (Å²) in [6, 6.07) is 22.2. The molecule has 0 saturated heterocycles. The van der Waals surface area contributed by atoms with Crippen LogP contribution in [0.15, 0.2) is 66.7 Å². The summed E-state index contributed by atoms with van der Waals surface area (Å²) in [6.45, 7) is 2.04. The number of hydrogen-bond acceptors (Lipinski definition) is 2. The number of aryl methyl sites for hydroxylation is 1. The van der Waals surface area contributed by atoms with Crippen molar-refractivity contribution < 1.29 is 9.53 Å². The summed E-state index contributed by atoms with van der Waals surface area (Å²) in [4.78, 5) is 12.2. The Bertz CT molecular complexity index is 874. The summed E-state index contributed by atoms with van der Waals surface area (Å²) < 4.78 is 4.97. The van der Waals surface area contributed by atoms with Gasteiger partial charge in [-0.25, -0.2) is 4.79 Å². The molecule has 0 N–H and O–H groups in total. The average molecular weight is 302 g/mol. The molecule has 0 aliphatic carbocycles. The molecule has 0 aromatic heterocycles. The Morgan fingerprint density at radius 1 is 0.913 bits per heavy atom. The molecule has 2 nitrogen and oxygen atoms in total. The van der Waals surface area contributed by atoms with Crippen LogP contribution in [0.1, 0.15) is 16.7 Å². The van der Waals surface area contributed by atoms with Crippen LogP contribution in [0.4, 0.5) is 0 Å². The van der Waals surface area contributed by atoms with Crippen LogP contribution >= 0.6 is 0 Å². The van der Waals surface area contributed by atoms with Crippen molar-refractivity contribution in [3.05, 3.63) is 83.4 Å². The van der Waals surface area contributed by atoms with Crippen LogP contribution in [0.2, 0.25) is 0 Å². The van der Waals surface area contributed by atoms with Gasteiger partial charge in [0.25, 0.3) is 0 Å². The summed E-state index contributed by atoms with van der Waals surface area (Å²) in [5.41, 5.74) is 3.58. The van der Waals surface area contributed by atoms with E-state index in [1.165, 1.54) is 12.7 Å². The molecule has 0 radical (unpaired) electrons. The number of carbonyl (C=O) groups is 1. The van der Waals surface area contributed by atoms with E-state index in [2.05, 4.69) is 6.07 Å². The Hall–Kier alpha value is -2.87. The molecule has 3 aromatic rings. The lowest BCUT2D eigenvalue weighted by Gasteiger charge is -2.08. The lowest BCUT2D eigenvalue weighted by molar-refractivity contribution is -0.133. The van der Waals surface area contributed by atoms with Crippen LogP contribution in [-0.2, 0) is 9.53 Å². The zero-order valence-electron chi connectivity index (χ0n) is 13.2. The Balaban J connectivity index is 2.10. The number of methoxy groups -OCH3 is 1. The van der Waals surface area contributed by atoms with Gasteiger partial charge in [-0.1, -0.05) is 66.2 Å². The lowest BCUT2D eigenvalue weighted by atomic mass is 9.99. The van der Waals surface area contributed by atoms with Gasteiger partial charge in [-0.2, -0.15) is 0 Å². The van der Waals surface area contributed by atoms with Gasteiger partial charge in [0.15, 0.2) is 0 Å². The van der Waals surface area contributed by atoms with Gasteiger partial charge in [0.05, 0.1) is 12.7 Å². The Kier molecular flexibility index (Phi) is 4.24. The van der Waals surface area contributed by atoms with E-state index < -0.39 is 0 Å². The first-order valence-corrected chi connectivity index (χ1v) is 7.53. The Morgan fingerprint density at radius 2 is 1.61 bits per heavy atom. The molecule has 3 aromatic carbocycles. The molecule has 3 rings (SSSR count). The maximum atomic E-state index is 12.2. The number of hydrogen-bond donors (Lipinski definition) is 0. The van der Waals surface area contributed by atoms with E-state index in [4.69, 9.17) is 4.74 Å². The second-order valence-corrected chi connectivity index (χ2v) is 5.52. The van der Waals surface area contributed by atoms with Gasteiger partial charge in [0.1, 0.15) is 0 Å². The largest absolute Gasteiger partial charge is 0.465 e. The molecule has 114 valence electrons. The highest BCUT2D eigenvalue weighted by Gasteiger charge is 2.13. The van der Waals surface area contributed by atoms with Gasteiger partial charge in [0, 0.05) is 0 Å². The normalized spacial score (nSPS) is 11.5. The molecule has 0 spiro atoms. The maximum absolute atomic E-state index is 12.2. The SMILES string of the molecule is COC(=O)C(=Cc1ccc(C)cc1)c1ccc2ccccc2c1. The molecule has 0 amide bonds. The molecular weight excluding hydrogens is 284 g/mol. The second-order valence-electron chi connectivity index (χ2n) is 5.52. The van der Waals surface area contributed by atoms with Gasteiger partial charge < -0.3 is 4.74 Å². The lowest BCUT2D eigenvalue weighted by Crippen LogP contribution is -2.04. The fraction of sp³-hybridized carbons (Fsp3) is 0.0952. The van der Waals surface area contributed by atoms with E-state index in [9.17, 15) is 4.79 Å². The molecule has 0 fully saturated rings. The zero-order chi connectivity index (χ0) is 16.2. The van der Waals surface area contributed by atoms with Crippen molar-refractivity contribution in [2.24, 2.45) is 0 Å². The molecule has 0 unspecified atom stereocenters. The van der Waals surface area contributed by atoms with Crippen LogP contribution in [0, 0.1) is 6.92 Å². The number of esters is 1. The predicted molar refractivity (Wildman–Crippen MR) is 95.0 cm³/mol. The van der Waals surface area contributed by atoms with Crippen molar-refractivity contribution in [1.29, 1.82) is 0 Å². The number of rotatable bonds is 3. The quantitative estimate of drug-likeness (QED) is 0.392. The third kappa shape index (κ3) is 3.32. The van der Waals surface area contributed by atoms with Gasteiger partial charge in [0.2, 0.25) is 0 Å². The smallest absolute Gasteiger partial charge is 0.338 e. The molecule has 0 saturated carbocycles. The number of carbonyl (C=O) groups excluding carboxylic acids is 1. The van der Waals surface area contributed by atoms with Gasteiger partial charge in [-0.15, -0.1) is 0 Å². The zero-order valence-corrected chi connectivity index (χ0v) is 13.2. The molecule has 2 heteroatoms. The fourth-order valence-electron chi connectivity index (χ4n) is 2.56. The Morgan fingerprint density at radius 3 is 2.30 bits per heavy atom. The summed E-state index contributed by atoms with van der Waals surface area (Å²) in [6.07, 6.45) is 1.87. The number of fused-ring (bicyclic) bond motifs is 1. The molecule has 0 aliphatic heterocycles. The van der Waals surface area contributed by atoms with E-state index in [1.807, 2.05) is 73.7 Å². The first-order chi connectivity index (χ1) is 11.2. The summed E-state index contributed by atoms with van der Waals surface area (Å²) in [5, 5.41) is 2.25. The minimum Gasteiger partial charge on any atom is -0.465 e. The summed E-state index contributed by atoms with van der Waals surface area (Å²) >= 11 is 0. The van der Waals surface area contributed by atoms with Gasteiger partial charge in [-0.3, -0.25) is 0 Å². The van der Waals surface area contributed by atoms with E-state index in [0.717, 1.165) is 21.9 Å². The van der Waals surface area contributed by atoms with Crippen molar-refractivity contribution in [3.8, 4) is 0 Å². The molecule has 23 heavy (non-hydrogen) atoms. The maximum Gasteiger partial charge on any atom is 0.338 e.